The molecule has 8 nitrogen and oxygen atoms in total. The van der Waals surface area contributed by atoms with Crippen LogP contribution in [-0.4, -0.2) is 51.4 Å². The zero-order valence-electron chi connectivity index (χ0n) is 17.5. The molecule has 1 atom stereocenters. The van der Waals surface area contributed by atoms with E-state index in [1.54, 1.807) is 0 Å². The second kappa shape index (κ2) is 7.74. The van der Waals surface area contributed by atoms with Crippen LogP contribution in [0.3, 0.4) is 0 Å². The van der Waals surface area contributed by atoms with E-state index in [0.29, 0.717) is 28.8 Å². The summed E-state index contributed by atoms with van der Waals surface area (Å²) in [6, 6.07) is 1.59. The van der Waals surface area contributed by atoms with Gasteiger partial charge in [0.25, 0.3) is 0 Å². The van der Waals surface area contributed by atoms with E-state index in [-0.39, 0.29) is 12.0 Å². The zero-order chi connectivity index (χ0) is 21.6. The van der Waals surface area contributed by atoms with Gasteiger partial charge in [0.15, 0.2) is 5.65 Å². The van der Waals surface area contributed by atoms with Crippen molar-refractivity contribution in [2.75, 3.05) is 32.5 Å². The number of nitrogens with zero attached hydrogens (tertiary/aromatic N) is 6. The molecule has 2 N–H and O–H groups in total. The maximum Gasteiger partial charge on any atom is 0.212 e. The Kier molecular flexibility index (Phi) is 5.26. The maximum atomic E-state index is 7.70. The highest BCUT2D eigenvalue weighted by molar-refractivity contribution is 6.33. The molecule has 1 unspecified atom stereocenters. The lowest BCUT2D eigenvalue weighted by Gasteiger charge is -2.38. The van der Waals surface area contributed by atoms with Gasteiger partial charge < -0.3 is 15.4 Å². The van der Waals surface area contributed by atoms with E-state index in [4.69, 9.17) is 28.6 Å². The average molecular weight is 426 g/mol. The smallest absolute Gasteiger partial charge is 0.212 e. The number of aromatic nitrogens is 4. The van der Waals surface area contributed by atoms with E-state index in [2.05, 4.69) is 31.9 Å². The Bertz CT molecular complexity index is 1160. The molecule has 4 rings (SSSR count). The quantitative estimate of drug-likeness (QED) is 0.622. The van der Waals surface area contributed by atoms with Gasteiger partial charge >= 0.3 is 0 Å². The summed E-state index contributed by atoms with van der Waals surface area (Å²) in [6.45, 7) is 15.8. The average Bonchev–Trinajstić information content (AvgIpc) is 3.04. The van der Waals surface area contributed by atoms with E-state index in [1.807, 2.05) is 31.5 Å². The van der Waals surface area contributed by atoms with Crippen LogP contribution in [0, 0.1) is 13.5 Å². The van der Waals surface area contributed by atoms with Gasteiger partial charge in [-0.15, -0.1) is 0 Å². The summed E-state index contributed by atoms with van der Waals surface area (Å²) in [7, 11) is 2.06. The standard InChI is InChI=1S/C21H24ClN7O/c1-6-30-19-14(7-15(22)18(24-4)17(19)13-8-28(5)9-13)12(3)29-21-16(11(2)27-29)20(23)25-10-26-21/h7,10,12-13H,6,8-9H2,1-3,5H3,(H2,23,25,26). The minimum Gasteiger partial charge on any atom is -0.495 e. The second-order valence-electron chi connectivity index (χ2n) is 7.67. The molecule has 30 heavy (non-hydrogen) atoms. The summed E-state index contributed by atoms with van der Waals surface area (Å²) in [5.41, 5.74) is 9.72. The number of ether oxygens (including phenoxy) is 1. The number of nitrogen functional groups attached to an aromatic ring is 1. The third-order valence-corrected chi connectivity index (χ3v) is 5.94. The second-order valence-corrected chi connectivity index (χ2v) is 8.07. The Morgan fingerprint density at radius 1 is 1.40 bits per heavy atom. The largest absolute Gasteiger partial charge is 0.495 e. The summed E-state index contributed by atoms with van der Waals surface area (Å²) in [5, 5.41) is 5.86. The normalized spacial score (nSPS) is 15.7. The van der Waals surface area contributed by atoms with Gasteiger partial charge in [0.2, 0.25) is 5.69 Å². The summed E-state index contributed by atoms with van der Waals surface area (Å²) in [5.74, 6) is 1.33. The molecule has 1 aromatic carbocycles. The van der Waals surface area contributed by atoms with Crippen LogP contribution in [-0.2, 0) is 0 Å². The maximum absolute atomic E-state index is 7.70. The molecule has 0 radical (unpaired) electrons. The van der Waals surface area contributed by atoms with Crippen molar-refractivity contribution in [3.63, 3.8) is 0 Å². The van der Waals surface area contributed by atoms with Gasteiger partial charge in [-0.3, -0.25) is 0 Å². The number of fused-ring (bicyclic) bond motifs is 1. The third kappa shape index (κ3) is 3.15. The molecule has 1 aliphatic rings. The first-order valence-corrected chi connectivity index (χ1v) is 10.2. The van der Waals surface area contributed by atoms with Gasteiger partial charge in [-0.05, 0) is 33.9 Å². The summed E-state index contributed by atoms with van der Waals surface area (Å²) >= 11 is 6.59. The first-order valence-electron chi connectivity index (χ1n) is 9.87. The molecule has 3 heterocycles. The number of rotatable bonds is 5. The molecular formula is C21H24ClN7O. The molecule has 1 fully saturated rings. The van der Waals surface area contributed by atoms with Crippen LogP contribution in [0.5, 0.6) is 5.75 Å². The van der Waals surface area contributed by atoms with E-state index >= 15 is 0 Å². The van der Waals surface area contributed by atoms with Gasteiger partial charge in [0, 0.05) is 35.2 Å². The van der Waals surface area contributed by atoms with Gasteiger partial charge in [-0.25, -0.2) is 19.5 Å². The van der Waals surface area contributed by atoms with Crippen molar-refractivity contribution in [1.82, 2.24) is 24.6 Å². The lowest BCUT2D eigenvalue weighted by molar-refractivity contribution is 0.185. The Balaban J connectivity index is 1.93. The SMILES string of the molecule is [C-]#[N+]c1c(Cl)cc(C(C)n2nc(C)c3c(N)ncnc32)c(OCC)c1C1CN(C)C1. The Labute approximate surface area is 180 Å². The number of nitrogens with two attached hydrogens (primary N) is 1. The Morgan fingerprint density at radius 2 is 2.13 bits per heavy atom. The minimum atomic E-state index is -0.231. The number of halogens is 1. The molecule has 0 spiro atoms. The molecule has 3 aromatic rings. The number of anilines is 1. The van der Waals surface area contributed by atoms with Crippen LogP contribution in [0.1, 0.15) is 42.6 Å². The zero-order valence-corrected chi connectivity index (χ0v) is 18.2. The lowest BCUT2D eigenvalue weighted by atomic mass is 9.87. The molecule has 1 aliphatic heterocycles. The van der Waals surface area contributed by atoms with Crippen molar-refractivity contribution in [3.8, 4) is 5.75 Å². The van der Waals surface area contributed by atoms with Crippen molar-refractivity contribution >= 4 is 34.1 Å². The van der Waals surface area contributed by atoms with Crippen LogP contribution in [0.15, 0.2) is 12.4 Å². The number of benzene rings is 1. The predicted octanol–water partition coefficient (Wildman–Crippen LogP) is 3.96. The molecule has 156 valence electrons. The number of hydrogen-bond donors (Lipinski definition) is 1. The number of aryl methyl sites for hydroxylation is 1. The minimum absolute atomic E-state index is 0.208. The van der Waals surface area contributed by atoms with Crippen LogP contribution in [0.25, 0.3) is 15.9 Å². The van der Waals surface area contributed by atoms with Gasteiger partial charge in [0.1, 0.15) is 17.9 Å². The van der Waals surface area contributed by atoms with Crippen molar-refractivity contribution < 1.29 is 4.74 Å². The fraction of sp³-hybridized carbons (Fsp3) is 0.429. The van der Waals surface area contributed by atoms with Crippen LogP contribution < -0.4 is 10.5 Å². The fourth-order valence-corrected chi connectivity index (χ4v) is 4.48. The van der Waals surface area contributed by atoms with E-state index in [9.17, 15) is 0 Å². The molecule has 9 heteroatoms. The van der Waals surface area contributed by atoms with Crippen molar-refractivity contribution in [1.29, 1.82) is 0 Å². The summed E-state index contributed by atoms with van der Waals surface area (Å²) < 4.78 is 7.95. The van der Waals surface area contributed by atoms with Gasteiger partial charge in [-0.1, -0.05) is 11.6 Å². The first-order chi connectivity index (χ1) is 14.4. The highest BCUT2D eigenvalue weighted by Gasteiger charge is 2.34. The highest BCUT2D eigenvalue weighted by Crippen LogP contribution is 2.48. The number of likely N-dealkylation sites (tertiary alicyclic amines) is 1. The lowest BCUT2D eigenvalue weighted by Crippen LogP contribution is -2.42. The van der Waals surface area contributed by atoms with Crippen LogP contribution in [0.4, 0.5) is 11.5 Å². The predicted molar refractivity (Wildman–Crippen MR) is 117 cm³/mol. The van der Waals surface area contributed by atoms with E-state index in [1.165, 1.54) is 6.33 Å². The fourth-order valence-electron chi connectivity index (χ4n) is 4.22. The number of hydrogen-bond acceptors (Lipinski definition) is 6. The highest BCUT2D eigenvalue weighted by atomic mass is 35.5. The molecule has 0 saturated carbocycles. The Hall–Kier alpha value is -2.89. The van der Waals surface area contributed by atoms with Crippen LogP contribution in [0.2, 0.25) is 5.02 Å². The molecule has 0 bridgehead atoms. The van der Waals surface area contributed by atoms with Crippen molar-refractivity contribution in [2.24, 2.45) is 0 Å². The molecule has 2 aromatic heterocycles. The monoisotopic (exact) mass is 425 g/mol. The molecular weight excluding hydrogens is 402 g/mol. The molecule has 1 saturated heterocycles. The van der Waals surface area contributed by atoms with Crippen molar-refractivity contribution in [3.05, 3.63) is 45.7 Å². The Morgan fingerprint density at radius 3 is 2.77 bits per heavy atom. The molecule has 0 aliphatic carbocycles. The number of likely N-dealkylation sites (N-methyl/N-ethyl adjacent to an activating group) is 1. The van der Waals surface area contributed by atoms with Crippen LogP contribution >= 0.6 is 11.6 Å². The van der Waals surface area contributed by atoms with Gasteiger partial charge in [0.05, 0.1) is 30.3 Å². The molecule has 0 amide bonds. The van der Waals surface area contributed by atoms with E-state index in [0.717, 1.165) is 41.0 Å². The first kappa shape index (κ1) is 20.4. The van der Waals surface area contributed by atoms with E-state index < -0.39 is 0 Å². The summed E-state index contributed by atoms with van der Waals surface area (Å²) in [4.78, 5) is 14.5. The summed E-state index contributed by atoms with van der Waals surface area (Å²) in [6.07, 6.45) is 1.44. The topological polar surface area (TPSA) is 86.5 Å². The van der Waals surface area contributed by atoms with Crippen molar-refractivity contribution in [2.45, 2.75) is 32.7 Å². The third-order valence-electron chi connectivity index (χ3n) is 5.65. The van der Waals surface area contributed by atoms with Gasteiger partial charge in [-0.2, -0.15) is 5.10 Å².